The Bertz CT molecular complexity index is 1340. The van der Waals surface area contributed by atoms with Gasteiger partial charge in [0.2, 0.25) is 5.91 Å². The molecule has 1 saturated heterocycles. The maximum atomic E-state index is 11.9. The number of amides is 1. The van der Waals surface area contributed by atoms with Gasteiger partial charge in [-0.25, -0.2) is 14.5 Å². The Hall–Kier alpha value is -3.46. The van der Waals surface area contributed by atoms with E-state index >= 15 is 0 Å². The number of hydrogen-bond donors (Lipinski definition) is 2. The minimum atomic E-state index is 0.00504. The third-order valence-electron chi connectivity index (χ3n) is 6.77. The second-order valence-electron chi connectivity index (χ2n) is 9.03. The zero-order valence-electron chi connectivity index (χ0n) is 19.6. The smallest absolute Gasteiger partial charge is 0.236 e. The van der Waals surface area contributed by atoms with Gasteiger partial charge in [-0.15, -0.1) is 0 Å². The highest BCUT2D eigenvalue weighted by molar-refractivity contribution is 5.90. The van der Waals surface area contributed by atoms with Crippen molar-refractivity contribution >= 4 is 28.4 Å². The first-order valence-corrected chi connectivity index (χ1v) is 11.4. The lowest BCUT2D eigenvalue weighted by molar-refractivity contribution is -0.129. The molecule has 3 N–H and O–H groups in total. The van der Waals surface area contributed by atoms with Crippen molar-refractivity contribution in [2.24, 2.45) is 5.73 Å². The van der Waals surface area contributed by atoms with Crippen LogP contribution in [0.2, 0.25) is 0 Å². The molecule has 1 fully saturated rings. The number of carbonyl (C=O) groups excluding carboxylic acids is 1. The molecule has 0 saturated carbocycles. The van der Waals surface area contributed by atoms with Crippen LogP contribution in [0.1, 0.15) is 36.5 Å². The van der Waals surface area contributed by atoms with E-state index in [4.69, 9.17) is 10.7 Å². The van der Waals surface area contributed by atoms with Crippen LogP contribution in [0.15, 0.2) is 24.7 Å². The van der Waals surface area contributed by atoms with E-state index in [9.17, 15) is 4.79 Å². The van der Waals surface area contributed by atoms with Crippen LogP contribution in [0.3, 0.4) is 0 Å². The number of nitrogens with one attached hydrogen (secondary N) is 1. The first-order chi connectivity index (χ1) is 15.9. The molecule has 0 atom stereocenters. The Morgan fingerprint density at radius 2 is 1.91 bits per heavy atom. The van der Waals surface area contributed by atoms with Gasteiger partial charge in [-0.3, -0.25) is 4.79 Å². The molecule has 172 valence electrons. The molecule has 9 nitrogen and oxygen atoms in total. The first kappa shape index (κ1) is 21.4. The van der Waals surface area contributed by atoms with Crippen LogP contribution in [-0.4, -0.2) is 68.1 Å². The molecule has 0 aliphatic carbocycles. The molecule has 0 radical (unpaired) electrons. The standard InChI is InChI=1S/C24H30N8O/c1-14(2)21-22(17-12-32-24(26-13-27-32)16(4)15(17)3)28-18-5-6-19(29-23(18)21)30-7-9-31(10-8-30)20(33)11-25/h5-6,12-14,28H,7-11,25H2,1-4H3. The van der Waals surface area contributed by atoms with E-state index in [1.165, 1.54) is 11.1 Å². The minimum Gasteiger partial charge on any atom is -0.353 e. The van der Waals surface area contributed by atoms with Gasteiger partial charge in [0, 0.05) is 43.5 Å². The number of nitrogens with two attached hydrogens (primary N) is 1. The number of fused-ring (bicyclic) bond motifs is 2. The Labute approximate surface area is 192 Å². The van der Waals surface area contributed by atoms with Gasteiger partial charge in [0.1, 0.15) is 12.1 Å². The molecule has 5 heterocycles. The van der Waals surface area contributed by atoms with E-state index in [0.29, 0.717) is 13.1 Å². The number of aryl methyl sites for hydroxylation is 1. The normalized spacial score (nSPS) is 14.7. The number of rotatable bonds is 4. The molecule has 1 amide bonds. The minimum absolute atomic E-state index is 0.00504. The van der Waals surface area contributed by atoms with Gasteiger partial charge in [-0.1, -0.05) is 13.8 Å². The number of H-pyrrole nitrogens is 1. The second-order valence-corrected chi connectivity index (χ2v) is 9.03. The number of aromatic amines is 1. The van der Waals surface area contributed by atoms with Crippen molar-refractivity contribution in [2.45, 2.75) is 33.6 Å². The number of anilines is 1. The Kier molecular flexibility index (Phi) is 5.28. The van der Waals surface area contributed by atoms with Crippen LogP contribution in [0.5, 0.6) is 0 Å². The number of carbonyl (C=O) groups is 1. The van der Waals surface area contributed by atoms with Gasteiger partial charge in [-0.2, -0.15) is 5.10 Å². The Morgan fingerprint density at radius 3 is 2.61 bits per heavy atom. The average molecular weight is 447 g/mol. The van der Waals surface area contributed by atoms with Gasteiger partial charge in [0.05, 0.1) is 23.3 Å². The molecular weight excluding hydrogens is 416 g/mol. The fourth-order valence-electron chi connectivity index (χ4n) is 4.79. The van der Waals surface area contributed by atoms with Crippen molar-refractivity contribution in [3.8, 4) is 11.3 Å². The lowest BCUT2D eigenvalue weighted by Gasteiger charge is -2.35. The molecule has 9 heteroatoms. The molecule has 0 unspecified atom stereocenters. The van der Waals surface area contributed by atoms with E-state index < -0.39 is 0 Å². The summed E-state index contributed by atoms with van der Waals surface area (Å²) in [5.41, 5.74) is 14.1. The van der Waals surface area contributed by atoms with Crippen molar-refractivity contribution in [2.75, 3.05) is 37.6 Å². The molecule has 1 aliphatic rings. The highest BCUT2D eigenvalue weighted by atomic mass is 16.2. The van der Waals surface area contributed by atoms with E-state index in [0.717, 1.165) is 52.4 Å². The SMILES string of the molecule is Cc1c(-c2[nH]c3ccc(N4CCN(C(=O)CN)CC4)nc3c2C(C)C)cn2ncnc2c1C. The second kappa shape index (κ2) is 8.15. The van der Waals surface area contributed by atoms with Crippen molar-refractivity contribution in [3.05, 3.63) is 41.3 Å². The summed E-state index contributed by atoms with van der Waals surface area (Å²) in [6.45, 7) is 11.5. The van der Waals surface area contributed by atoms with Gasteiger partial charge in [0.25, 0.3) is 0 Å². The maximum Gasteiger partial charge on any atom is 0.236 e. The monoisotopic (exact) mass is 446 g/mol. The number of piperazine rings is 1. The third-order valence-corrected chi connectivity index (χ3v) is 6.77. The lowest BCUT2D eigenvalue weighted by Crippen LogP contribution is -2.50. The van der Waals surface area contributed by atoms with Gasteiger partial charge in [-0.05, 0) is 43.0 Å². The first-order valence-electron chi connectivity index (χ1n) is 11.4. The molecule has 0 spiro atoms. The fraction of sp³-hybridized carbons (Fsp3) is 0.417. The van der Waals surface area contributed by atoms with Crippen molar-refractivity contribution in [1.29, 1.82) is 0 Å². The van der Waals surface area contributed by atoms with Crippen LogP contribution in [-0.2, 0) is 4.79 Å². The van der Waals surface area contributed by atoms with E-state index in [2.05, 4.69) is 66.0 Å². The van der Waals surface area contributed by atoms with Crippen molar-refractivity contribution in [3.63, 3.8) is 0 Å². The zero-order valence-corrected chi connectivity index (χ0v) is 19.6. The quantitative estimate of drug-likeness (QED) is 0.499. The zero-order chi connectivity index (χ0) is 23.3. The molecule has 33 heavy (non-hydrogen) atoms. The average Bonchev–Trinajstić information content (AvgIpc) is 3.45. The summed E-state index contributed by atoms with van der Waals surface area (Å²) in [6, 6.07) is 4.17. The van der Waals surface area contributed by atoms with Gasteiger partial charge in [0.15, 0.2) is 5.65 Å². The van der Waals surface area contributed by atoms with Crippen LogP contribution in [0.25, 0.3) is 27.9 Å². The molecular formula is C24H30N8O. The largest absolute Gasteiger partial charge is 0.353 e. The number of pyridine rings is 2. The molecule has 4 aromatic heterocycles. The van der Waals surface area contributed by atoms with Crippen molar-refractivity contribution in [1.82, 2.24) is 29.5 Å². The number of nitrogens with zero attached hydrogens (tertiary/aromatic N) is 6. The highest BCUT2D eigenvalue weighted by Crippen LogP contribution is 2.37. The van der Waals surface area contributed by atoms with Crippen LogP contribution >= 0.6 is 0 Å². The Morgan fingerprint density at radius 1 is 1.15 bits per heavy atom. The summed E-state index contributed by atoms with van der Waals surface area (Å²) in [6.07, 6.45) is 3.64. The Balaban J connectivity index is 1.57. The van der Waals surface area contributed by atoms with Gasteiger partial charge < -0.3 is 20.5 Å². The van der Waals surface area contributed by atoms with Crippen LogP contribution in [0, 0.1) is 13.8 Å². The molecule has 0 aromatic carbocycles. The maximum absolute atomic E-state index is 11.9. The summed E-state index contributed by atoms with van der Waals surface area (Å²) in [5, 5.41) is 4.37. The molecule has 5 rings (SSSR count). The lowest BCUT2D eigenvalue weighted by atomic mass is 9.95. The number of hydrogen-bond acceptors (Lipinski definition) is 6. The number of aromatic nitrogens is 5. The van der Waals surface area contributed by atoms with E-state index in [1.54, 1.807) is 6.33 Å². The summed E-state index contributed by atoms with van der Waals surface area (Å²) < 4.78 is 1.84. The summed E-state index contributed by atoms with van der Waals surface area (Å²) >= 11 is 0. The fourth-order valence-corrected chi connectivity index (χ4v) is 4.79. The summed E-state index contributed by atoms with van der Waals surface area (Å²) in [7, 11) is 0. The highest BCUT2D eigenvalue weighted by Gasteiger charge is 2.24. The molecule has 4 aromatic rings. The topological polar surface area (TPSA) is 108 Å². The molecule has 0 bridgehead atoms. The predicted octanol–water partition coefficient (Wildman–Crippen LogP) is 2.62. The van der Waals surface area contributed by atoms with Crippen LogP contribution < -0.4 is 10.6 Å². The predicted molar refractivity (Wildman–Crippen MR) is 129 cm³/mol. The van der Waals surface area contributed by atoms with Crippen molar-refractivity contribution < 1.29 is 4.79 Å². The van der Waals surface area contributed by atoms with E-state index in [-0.39, 0.29) is 18.4 Å². The summed E-state index contributed by atoms with van der Waals surface area (Å²) in [4.78, 5) is 29.1. The summed E-state index contributed by atoms with van der Waals surface area (Å²) in [5.74, 6) is 1.22. The third kappa shape index (κ3) is 3.52. The van der Waals surface area contributed by atoms with Crippen LogP contribution in [0.4, 0.5) is 5.82 Å². The van der Waals surface area contributed by atoms with E-state index in [1.807, 2.05) is 9.42 Å². The molecule has 1 aliphatic heterocycles. The van der Waals surface area contributed by atoms with Gasteiger partial charge >= 0.3 is 0 Å².